The fraction of sp³-hybridized carbons (Fsp3) is 0.391. The second-order valence-corrected chi connectivity index (χ2v) is 8.61. The number of carbonyl (C=O) groups is 1. The Bertz CT molecular complexity index is 996. The third-order valence-electron chi connectivity index (χ3n) is 5.41. The van der Waals surface area contributed by atoms with Crippen molar-refractivity contribution in [2.45, 2.75) is 52.1 Å². The molecule has 3 aromatic rings. The Kier molecular flexibility index (Phi) is 4.29. The second-order valence-electron chi connectivity index (χ2n) is 8.61. The SMILES string of the molecule is Cc1cccc(Cn2c(C3CC(=O)N(C(C)(C)C)C3)nc3ccccc32)c1. The van der Waals surface area contributed by atoms with Crippen molar-refractivity contribution in [1.82, 2.24) is 14.5 Å². The Labute approximate surface area is 160 Å². The number of rotatable bonds is 3. The van der Waals surface area contributed by atoms with E-state index in [9.17, 15) is 4.79 Å². The minimum absolute atomic E-state index is 0.133. The molecule has 0 bridgehead atoms. The molecule has 2 aromatic carbocycles. The number of imidazole rings is 1. The van der Waals surface area contributed by atoms with Gasteiger partial charge in [0.05, 0.1) is 11.0 Å². The molecular weight excluding hydrogens is 334 g/mol. The number of aromatic nitrogens is 2. The second kappa shape index (κ2) is 6.52. The first-order valence-corrected chi connectivity index (χ1v) is 9.64. The first-order chi connectivity index (χ1) is 12.8. The summed E-state index contributed by atoms with van der Waals surface area (Å²) in [5.74, 6) is 1.38. The summed E-state index contributed by atoms with van der Waals surface area (Å²) in [5, 5.41) is 0. The molecule has 4 nitrogen and oxygen atoms in total. The lowest BCUT2D eigenvalue weighted by Gasteiger charge is -2.32. The van der Waals surface area contributed by atoms with Gasteiger partial charge in [0, 0.05) is 31.0 Å². The van der Waals surface area contributed by atoms with Crippen LogP contribution in [0, 0.1) is 6.92 Å². The molecule has 1 fully saturated rings. The van der Waals surface area contributed by atoms with Crippen LogP contribution in [-0.2, 0) is 11.3 Å². The van der Waals surface area contributed by atoms with Crippen LogP contribution < -0.4 is 0 Å². The number of para-hydroxylation sites is 2. The predicted octanol–water partition coefficient (Wildman–Crippen LogP) is 4.51. The summed E-state index contributed by atoms with van der Waals surface area (Å²) in [5.41, 5.74) is 4.50. The first-order valence-electron chi connectivity index (χ1n) is 9.64. The van der Waals surface area contributed by atoms with E-state index >= 15 is 0 Å². The molecular formula is C23H27N3O. The van der Waals surface area contributed by atoms with Gasteiger partial charge >= 0.3 is 0 Å². The molecule has 1 aliphatic heterocycles. The van der Waals surface area contributed by atoms with Crippen LogP contribution in [0.25, 0.3) is 11.0 Å². The van der Waals surface area contributed by atoms with E-state index in [0.29, 0.717) is 6.42 Å². The summed E-state index contributed by atoms with van der Waals surface area (Å²) in [6.45, 7) is 9.93. The largest absolute Gasteiger partial charge is 0.337 e. The lowest BCUT2D eigenvalue weighted by molar-refractivity contribution is -0.131. The maximum Gasteiger partial charge on any atom is 0.223 e. The molecule has 0 saturated carbocycles. The van der Waals surface area contributed by atoms with Crippen molar-refractivity contribution in [2.75, 3.05) is 6.54 Å². The molecule has 0 N–H and O–H groups in total. The lowest BCUT2D eigenvalue weighted by atomic mass is 10.1. The summed E-state index contributed by atoms with van der Waals surface area (Å²) in [4.78, 5) is 19.6. The topological polar surface area (TPSA) is 38.1 Å². The fourth-order valence-corrected chi connectivity index (χ4v) is 4.09. The molecule has 4 heteroatoms. The Hall–Kier alpha value is -2.62. The summed E-state index contributed by atoms with van der Waals surface area (Å²) in [7, 11) is 0. The molecule has 1 saturated heterocycles. The van der Waals surface area contributed by atoms with E-state index < -0.39 is 0 Å². The van der Waals surface area contributed by atoms with Crippen molar-refractivity contribution in [1.29, 1.82) is 0 Å². The van der Waals surface area contributed by atoms with Crippen LogP contribution in [0.15, 0.2) is 48.5 Å². The van der Waals surface area contributed by atoms with Gasteiger partial charge in [-0.1, -0.05) is 42.0 Å². The molecule has 140 valence electrons. The summed E-state index contributed by atoms with van der Waals surface area (Å²) < 4.78 is 2.30. The minimum atomic E-state index is -0.154. The maximum atomic E-state index is 12.6. The van der Waals surface area contributed by atoms with Crippen LogP contribution >= 0.6 is 0 Å². The summed E-state index contributed by atoms with van der Waals surface area (Å²) in [6, 6.07) is 16.9. The number of hydrogen-bond donors (Lipinski definition) is 0. The van der Waals surface area contributed by atoms with Crippen molar-refractivity contribution in [3.05, 3.63) is 65.5 Å². The van der Waals surface area contributed by atoms with E-state index in [4.69, 9.17) is 4.98 Å². The number of likely N-dealkylation sites (tertiary alicyclic amines) is 1. The molecule has 1 atom stereocenters. The van der Waals surface area contributed by atoms with Gasteiger partial charge in [-0.15, -0.1) is 0 Å². The molecule has 0 spiro atoms. The van der Waals surface area contributed by atoms with Crippen LogP contribution in [0.2, 0.25) is 0 Å². The van der Waals surface area contributed by atoms with Gasteiger partial charge in [0.15, 0.2) is 0 Å². The van der Waals surface area contributed by atoms with E-state index in [1.165, 1.54) is 11.1 Å². The summed E-state index contributed by atoms with van der Waals surface area (Å²) >= 11 is 0. The van der Waals surface area contributed by atoms with Crippen molar-refractivity contribution in [3.63, 3.8) is 0 Å². The van der Waals surface area contributed by atoms with Crippen LogP contribution in [0.5, 0.6) is 0 Å². The third-order valence-corrected chi connectivity index (χ3v) is 5.41. The number of fused-ring (bicyclic) bond motifs is 1. The smallest absolute Gasteiger partial charge is 0.223 e. The Morgan fingerprint density at radius 1 is 1.11 bits per heavy atom. The Morgan fingerprint density at radius 3 is 2.59 bits per heavy atom. The zero-order valence-corrected chi connectivity index (χ0v) is 16.6. The number of benzene rings is 2. The van der Waals surface area contributed by atoms with E-state index in [-0.39, 0.29) is 17.4 Å². The molecule has 1 aliphatic rings. The average molecular weight is 361 g/mol. The highest BCUT2D eigenvalue weighted by molar-refractivity contribution is 5.81. The van der Waals surface area contributed by atoms with Gasteiger partial charge in [0.1, 0.15) is 5.82 Å². The fourth-order valence-electron chi connectivity index (χ4n) is 4.09. The van der Waals surface area contributed by atoms with Gasteiger partial charge in [-0.3, -0.25) is 4.79 Å². The van der Waals surface area contributed by atoms with Gasteiger partial charge in [0.25, 0.3) is 0 Å². The molecule has 1 unspecified atom stereocenters. The normalized spacial score (nSPS) is 17.9. The zero-order valence-electron chi connectivity index (χ0n) is 16.6. The van der Waals surface area contributed by atoms with Gasteiger partial charge in [0.2, 0.25) is 5.91 Å². The van der Waals surface area contributed by atoms with Crippen molar-refractivity contribution in [3.8, 4) is 0 Å². The van der Waals surface area contributed by atoms with Crippen molar-refractivity contribution < 1.29 is 4.79 Å². The van der Waals surface area contributed by atoms with E-state index in [1.807, 2.05) is 11.0 Å². The quantitative estimate of drug-likeness (QED) is 0.688. The van der Waals surface area contributed by atoms with E-state index in [0.717, 1.165) is 29.9 Å². The number of hydrogen-bond acceptors (Lipinski definition) is 2. The highest BCUT2D eigenvalue weighted by Gasteiger charge is 2.38. The third kappa shape index (κ3) is 3.36. The summed E-state index contributed by atoms with van der Waals surface area (Å²) in [6.07, 6.45) is 0.536. The maximum absolute atomic E-state index is 12.6. The number of aryl methyl sites for hydroxylation is 1. The van der Waals surface area contributed by atoms with E-state index in [1.54, 1.807) is 0 Å². The van der Waals surface area contributed by atoms with E-state index in [2.05, 4.69) is 74.7 Å². The monoisotopic (exact) mass is 361 g/mol. The molecule has 27 heavy (non-hydrogen) atoms. The minimum Gasteiger partial charge on any atom is -0.337 e. The van der Waals surface area contributed by atoms with Crippen LogP contribution in [0.4, 0.5) is 0 Å². The number of amides is 1. The highest BCUT2D eigenvalue weighted by Crippen LogP contribution is 2.34. The molecule has 0 aliphatic carbocycles. The van der Waals surface area contributed by atoms with Gasteiger partial charge in [-0.05, 0) is 45.4 Å². The lowest BCUT2D eigenvalue weighted by Crippen LogP contribution is -2.42. The molecule has 1 aromatic heterocycles. The van der Waals surface area contributed by atoms with Gasteiger partial charge in [-0.2, -0.15) is 0 Å². The molecule has 0 radical (unpaired) electrons. The van der Waals surface area contributed by atoms with Crippen molar-refractivity contribution >= 4 is 16.9 Å². The van der Waals surface area contributed by atoms with Crippen LogP contribution in [-0.4, -0.2) is 32.4 Å². The molecule has 2 heterocycles. The van der Waals surface area contributed by atoms with Crippen LogP contribution in [0.3, 0.4) is 0 Å². The van der Waals surface area contributed by atoms with Crippen LogP contribution in [0.1, 0.15) is 50.1 Å². The Morgan fingerprint density at radius 2 is 1.89 bits per heavy atom. The Balaban J connectivity index is 1.76. The molecule has 4 rings (SSSR count). The standard InChI is InChI=1S/C23H27N3O/c1-16-8-7-9-17(12-16)14-25-20-11-6-5-10-19(20)24-22(25)18-13-21(27)26(15-18)23(2,3)4/h5-12,18H,13-15H2,1-4H3. The predicted molar refractivity (Wildman–Crippen MR) is 109 cm³/mol. The zero-order chi connectivity index (χ0) is 19.2. The number of carbonyl (C=O) groups excluding carboxylic acids is 1. The van der Waals surface area contributed by atoms with Gasteiger partial charge in [-0.25, -0.2) is 4.98 Å². The average Bonchev–Trinajstić information content (AvgIpc) is 3.16. The molecule has 1 amide bonds. The highest BCUT2D eigenvalue weighted by atomic mass is 16.2. The van der Waals surface area contributed by atoms with Crippen molar-refractivity contribution in [2.24, 2.45) is 0 Å². The first kappa shape index (κ1) is 17.8. The number of nitrogens with zero attached hydrogens (tertiary/aromatic N) is 3. The van der Waals surface area contributed by atoms with Gasteiger partial charge < -0.3 is 9.47 Å².